The number of carbonyl (C=O) groups is 2. The van der Waals surface area contributed by atoms with Gasteiger partial charge in [0.2, 0.25) is 11.8 Å². The number of nitrogens with two attached hydrogens (primary N) is 1. The third-order valence-corrected chi connectivity index (χ3v) is 4.15. The summed E-state index contributed by atoms with van der Waals surface area (Å²) in [6, 6.07) is 0. The second-order valence-electron chi connectivity index (χ2n) is 5.38. The lowest BCUT2D eigenvalue weighted by atomic mass is 9.81. The van der Waals surface area contributed by atoms with Gasteiger partial charge in [-0.3, -0.25) is 9.59 Å². The zero-order chi connectivity index (χ0) is 13.0. The highest BCUT2D eigenvalue weighted by atomic mass is 16.2. The fourth-order valence-electron chi connectivity index (χ4n) is 2.89. The van der Waals surface area contributed by atoms with Gasteiger partial charge in [-0.05, 0) is 38.1 Å². The number of hydrogen-bond donors (Lipinski definition) is 2. The normalized spacial score (nSPS) is 29.6. The van der Waals surface area contributed by atoms with Gasteiger partial charge in [0.1, 0.15) is 0 Å². The van der Waals surface area contributed by atoms with Gasteiger partial charge >= 0.3 is 0 Å². The number of nitrogens with zero attached hydrogens (tertiary/aromatic N) is 1. The van der Waals surface area contributed by atoms with Gasteiger partial charge in [0.15, 0.2) is 0 Å². The molecule has 0 bridgehead atoms. The summed E-state index contributed by atoms with van der Waals surface area (Å²) in [5, 5.41) is 2.80. The Balaban J connectivity index is 1.85. The molecule has 0 atom stereocenters. The van der Waals surface area contributed by atoms with Crippen LogP contribution in [0.5, 0.6) is 0 Å². The Bertz CT molecular complexity index is 311. The molecule has 2 rings (SSSR count). The molecule has 0 aromatic rings. The Morgan fingerprint density at radius 2 is 2.00 bits per heavy atom. The molecule has 1 saturated heterocycles. The van der Waals surface area contributed by atoms with E-state index in [1.165, 1.54) is 0 Å². The quantitative estimate of drug-likeness (QED) is 0.733. The lowest BCUT2D eigenvalue weighted by Gasteiger charge is -2.31. The van der Waals surface area contributed by atoms with Crippen molar-refractivity contribution in [3.63, 3.8) is 0 Å². The molecule has 1 heterocycles. The Morgan fingerprint density at radius 1 is 1.28 bits per heavy atom. The van der Waals surface area contributed by atoms with E-state index in [4.69, 9.17) is 5.73 Å². The average Bonchev–Trinajstić information content (AvgIpc) is 2.63. The molecule has 0 aromatic carbocycles. The van der Waals surface area contributed by atoms with Crippen molar-refractivity contribution in [2.24, 2.45) is 17.6 Å². The Labute approximate surface area is 108 Å². The molecule has 0 unspecified atom stereocenters. The van der Waals surface area contributed by atoms with Crippen molar-refractivity contribution in [1.82, 2.24) is 10.2 Å². The van der Waals surface area contributed by atoms with Crippen LogP contribution in [-0.4, -0.2) is 42.9 Å². The van der Waals surface area contributed by atoms with Crippen LogP contribution in [0.2, 0.25) is 0 Å². The predicted molar refractivity (Wildman–Crippen MR) is 68.7 cm³/mol. The lowest BCUT2D eigenvalue weighted by Crippen LogP contribution is -2.40. The monoisotopic (exact) mass is 253 g/mol. The molecule has 2 fully saturated rings. The zero-order valence-corrected chi connectivity index (χ0v) is 10.9. The van der Waals surface area contributed by atoms with Gasteiger partial charge in [-0.15, -0.1) is 0 Å². The zero-order valence-electron chi connectivity index (χ0n) is 10.9. The topological polar surface area (TPSA) is 75.4 Å². The molecule has 3 N–H and O–H groups in total. The van der Waals surface area contributed by atoms with E-state index in [2.05, 4.69) is 5.32 Å². The fourth-order valence-corrected chi connectivity index (χ4v) is 2.89. The standard InChI is InChI=1S/C13H23N3O2/c14-9-10-1-3-11(4-2-10)13(18)16-7-5-12(17)15-6-8-16/h10-11H,1-9,14H2,(H,15,17). The third kappa shape index (κ3) is 3.22. The highest BCUT2D eigenvalue weighted by molar-refractivity contribution is 5.81. The van der Waals surface area contributed by atoms with Gasteiger partial charge in [-0.1, -0.05) is 0 Å². The van der Waals surface area contributed by atoms with Crippen molar-refractivity contribution in [3.8, 4) is 0 Å². The maximum Gasteiger partial charge on any atom is 0.225 e. The lowest BCUT2D eigenvalue weighted by molar-refractivity contribution is -0.136. The molecule has 1 saturated carbocycles. The van der Waals surface area contributed by atoms with Gasteiger partial charge in [-0.2, -0.15) is 0 Å². The third-order valence-electron chi connectivity index (χ3n) is 4.15. The Kier molecular flexibility index (Phi) is 4.58. The number of rotatable bonds is 2. The van der Waals surface area contributed by atoms with Gasteiger partial charge < -0.3 is 16.0 Å². The van der Waals surface area contributed by atoms with Crippen molar-refractivity contribution in [1.29, 1.82) is 0 Å². The average molecular weight is 253 g/mol. The maximum absolute atomic E-state index is 12.4. The first-order valence-electron chi connectivity index (χ1n) is 6.96. The van der Waals surface area contributed by atoms with E-state index in [0.717, 1.165) is 32.2 Å². The summed E-state index contributed by atoms with van der Waals surface area (Å²) in [6.45, 7) is 2.55. The van der Waals surface area contributed by atoms with E-state index in [0.29, 0.717) is 32.0 Å². The van der Waals surface area contributed by atoms with Crippen molar-refractivity contribution in [2.45, 2.75) is 32.1 Å². The summed E-state index contributed by atoms with van der Waals surface area (Å²) >= 11 is 0. The SMILES string of the molecule is NCC1CCC(C(=O)N2CCNC(=O)CC2)CC1. The van der Waals surface area contributed by atoms with E-state index in [-0.39, 0.29) is 17.7 Å². The van der Waals surface area contributed by atoms with Gasteiger partial charge in [0.05, 0.1) is 0 Å². The minimum atomic E-state index is 0.0529. The smallest absolute Gasteiger partial charge is 0.225 e. The second kappa shape index (κ2) is 6.18. The van der Waals surface area contributed by atoms with Crippen LogP contribution in [0.1, 0.15) is 32.1 Å². The first kappa shape index (κ1) is 13.3. The molecule has 18 heavy (non-hydrogen) atoms. The first-order chi connectivity index (χ1) is 8.70. The molecular weight excluding hydrogens is 230 g/mol. The van der Waals surface area contributed by atoms with Crippen molar-refractivity contribution in [3.05, 3.63) is 0 Å². The summed E-state index contributed by atoms with van der Waals surface area (Å²) < 4.78 is 0. The maximum atomic E-state index is 12.4. The Morgan fingerprint density at radius 3 is 2.67 bits per heavy atom. The molecule has 5 nitrogen and oxygen atoms in total. The van der Waals surface area contributed by atoms with Crippen LogP contribution in [0.15, 0.2) is 0 Å². The van der Waals surface area contributed by atoms with Gasteiger partial charge in [0.25, 0.3) is 0 Å². The highest BCUT2D eigenvalue weighted by Gasteiger charge is 2.29. The van der Waals surface area contributed by atoms with Crippen LogP contribution >= 0.6 is 0 Å². The molecular formula is C13H23N3O2. The summed E-state index contributed by atoms with van der Waals surface area (Å²) in [6.07, 6.45) is 4.48. The second-order valence-corrected chi connectivity index (χ2v) is 5.38. The van der Waals surface area contributed by atoms with E-state index in [9.17, 15) is 9.59 Å². The predicted octanol–water partition coefficient (Wildman–Crippen LogP) is 0.100. The highest BCUT2D eigenvalue weighted by Crippen LogP contribution is 2.29. The van der Waals surface area contributed by atoms with Crippen LogP contribution in [0.4, 0.5) is 0 Å². The molecule has 0 aromatic heterocycles. The molecule has 1 aliphatic carbocycles. The van der Waals surface area contributed by atoms with Crippen molar-refractivity contribution in [2.75, 3.05) is 26.2 Å². The number of carbonyl (C=O) groups excluding carboxylic acids is 2. The van der Waals surface area contributed by atoms with E-state index >= 15 is 0 Å². The molecule has 2 aliphatic rings. The first-order valence-corrected chi connectivity index (χ1v) is 6.96. The van der Waals surface area contributed by atoms with Crippen LogP contribution in [0.25, 0.3) is 0 Å². The van der Waals surface area contributed by atoms with E-state index < -0.39 is 0 Å². The molecule has 0 radical (unpaired) electrons. The fraction of sp³-hybridized carbons (Fsp3) is 0.846. The summed E-state index contributed by atoms with van der Waals surface area (Å²) in [7, 11) is 0. The van der Waals surface area contributed by atoms with Crippen LogP contribution < -0.4 is 11.1 Å². The number of nitrogens with one attached hydrogen (secondary N) is 1. The minimum absolute atomic E-state index is 0.0529. The van der Waals surface area contributed by atoms with E-state index in [1.54, 1.807) is 0 Å². The molecule has 0 spiro atoms. The summed E-state index contributed by atoms with van der Waals surface area (Å²) in [4.78, 5) is 25.5. The molecule has 2 amide bonds. The van der Waals surface area contributed by atoms with E-state index in [1.807, 2.05) is 4.90 Å². The summed E-state index contributed by atoms with van der Waals surface area (Å²) in [5.41, 5.74) is 5.66. The number of hydrogen-bond acceptors (Lipinski definition) is 3. The molecule has 1 aliphatic heterocycles. The van der Waals surface area contributed by atoms with Crippen LogP contribution in [0, 0.1) is 11.8 Å². The van der Waals surface area contributed by atoms with Crippen molar-refractivity contribution >= 4 is 11.8 Å². The van der Waals surface area contributed by atoms with Crippen LogP contribution in [0.3, 0.4) is 0 Å². The number of amides is 2. The largest absolute Gasteiger partial charge is 0.354 e. The van der Waals surface area contributed by atoms with Crippen molar-refractivity contribution < 1.29 is 9.59 Å². The molecule has 5 heteroatoms. The minimum Gasteiger partial charge on any atom is -0.354 e. The van der Waals surface area contributed by atoms with Gasteiger partial charge in [-0.25, -0.2) is 0 Å². The Hall–Kier alpha value is -1.10. The molecule has 102 valence electrons. The van der Waals surface area contributed by atoms with Gasteiger partial charge in [0, 0.05) is 32.0 Å². The van der Waals surface area contributed by atoms with Crippen LogP contribution in [-0.2, 0) is 9.59 Å². The summed E-state index contributed by atoms with van der Waals surface area (Å²) in [5.74, 6) is 1.04.